The number of carbonyl (C=O) groups excluding carboxylic acids is 1. The largest absolute Gasteiger partial charge is 0.496 e. The summed E-state index contributed by atoms with van der Waals surface area (Å²) >= 11 is 0. The summed E-state index contributed by atoms with van der Waals surface area (Å²) in [6.07, 6.45) is 0.763. The summed E-state index contributed by atoms with van der Waals surface area (Å²) in [5.41, 5.74) is 3.66. The summed E-state index contributed by atoms with van der Waals surface area (Å²) < 4.78 is 5.35. The van der Waals surface area contributed by atoms with Gasteiger partial charge < -0.3 is 19.9 Å². The standard InChI is InChI=1S/C21H27N3O2/c1-17-7-3-5-9-19(17)23-13-15-24(16-14-23)21(25)22-12-11-18-8-4-6-10-20(18)26-2/h3-10H,11-16H2,1-2H3,(H,22,25). The normalized spacial score (nSPS) is 14.2. The number of urea groups is 1. The lowest BCUT2D eigenvalue weighted by Crippen LogP contribution is -2.52. The zero-order valence-corrected chi connectivity index (χ0v) is 15.6. The Balaban J connectivity index is 1.46. The van der Waals surface area contributed by atoms with Crippen LogP contribution in [-0.2, 0) is 6.42 Å². The maximum absolute atomic E-state index is 12.4. The fraction of sp³-hybridized carbons (Fsp3) is 0.381. The van der Waals surface area contributed by atoms with E-state index in [1.807, 2.05) is 29.2 Å². The molecule has 0 spiro atoms. The summed E-state index contributed by atoms with van der Waals surface area (Å²) in [4.78, 5) is 16.7. The molecule has 1 saturated heterocycles. The minimum absolute atomic E-state index is 0.0179. The van der Waals surface area contributed by atoms with Gasteiger partial charge >= 0.3 is 6.03 Å². The van der Waals surface area contributed by atoms with E-state index in [9.17, 15) is 4.79 Å². The van der Waals surface area contributed by atoms with Crippen molar-refractivity contribution in [3.05, 3.63) is 59.7 Å². The second-order valence-corrected chi connectivity index (χ2v) is 6.55. The molecule has 0 radical (unpaired) electrons. The van der Waals surface area contributed by atoms with E-state index >= 15 is 0 Å². The number of carbonyl (C=O) groups is 1. The van der Waals surface area contributed by atoms with Crippen molar-refractivity contribution in [3.63, 3.8) is 0 Å². The molecule has 2 aromatic carbocycles. The van der Waals surface area contributed by atoms with Crippen molar-refractivity contribution in [3.8, 4) is 5.75 Å². The van der Waals surface area contributed by atoms with Gasteiger partial charge in [-0.15, -0.1) is 0 Å². The first kappa shape index (κ1) is 18.1. The number of aryl methyl sites for hydroxylation is 1. The molecule has 1 heterocycles. The molecule has 0 atom stereocenters. The Labute approximate surface area is 155 Å². The molecule has 1 fully saturated rings. The van der Waals surface area contributed by atoms with Crippen LogP contribution in [0.5, 0.6) is 5.75 Å². The van der Waals surface area contributed by atoms with Crippen LogP contribution < -0.4 is 15.0 Å². The molecule has 1 aliphatic heterocycles. The van der Waals surface area contributed by atoms with E-state index < -0.39 is 0 Å². The predicted octanol–water partition coefficient (Wildman–Crippen LogP) is 3.08. The average molecular weight is 353 g/mol. The summed E-state index contributed by atoms with van der Waals surface area (Å²) in [6.45, 7) is 5.96. The van der Waals surface area contributed by atoms with Crippen molar-refractivity contribution in [1.29, 1.82) is 0 Å². The van der Waals surface area contributed by atoms with Gasteiger partial charge in [-0.25, -0.2) is 4.79 Å². The summed E-state index contributed by atoms with van der Waals surface area (Å²) in [5, 5.41) is 3.03. The Hall–Kier alpha value is -2.69. The first-order valence-corrected chi connectivity index (χ1v) is 9.14. The van der Waals surface area contributed by atoms with E-state index in [-0.39, 0.29) is 6.03 Å². The Morgan fingerprint density at radius 3 is 2.46 bits per heavy atom. The molecule has 0 aromatic heterocycles. The first-order chi connectivity index (χ1) is 12.7. The second kappa shape index (κ2) is 8.61. The van der Waals surface area contributed by atoms with Gasteiger partial charge in [0.05, 0.1) is 7.11 Å². The van der Waals surface area contributed by atoms with E-state index in [2.05, 4.69) is 41.4 Å². The highest BCUT2D eigenvalue weighted by atomic mass is 16.5. The third kappa shape index (κ3) is 4.28. The maximum atomic E-state index is 12.4. The number of hydrogen-bond acceptors (Lipinski definition) is 3. The fourth-order valence-electron chi connectivity index (χ4n) is 3.39. The van der Waals surface area contributed by atoms with Crippen LogP contribution in [0.2, 0.25) is 0 Å². The van der Waals surface area contributed by atoms with Crippen molar-refractivity contribution in [1.82, 2.24) is 10.2 Å². The molecule has 5 nitrogen and oxygen atoms in total. The van der Waals surface area contributed by atoms with Crippen LogP contribution >= 0.6 is 0 Å². The zero-order chi connectivity index (χ0) is 18.4. The number of methoxy groups -OCH3 is 1. The van der Waals surface area contributed by atoms with E-state index in [4.69, 9.17) is 4.74 Å². The SMILES string of the molecule is COc1ccccc1CCNC(=O)N1CCN(c2ccccc2C)CC1. The van der Waals surface area contributed by atoms with Crippen molar-refractivity contribution >= 4 is 11.7 Å². The monoisotopic (exact) mass is 353 g/mol. The third-order valence-electron chi connectivity index (χ3n) is 4.89. The molecular weight excluding hydrogens is 326 g/mol. The number of anilines is 1. The van der Waals surface area contributed by atoms with Crippen LogP contribution in [0.1, 0.15) is 11.1 Å². The van der Waals surface area contributed by atoms with E-state index in [1.54, 1.807) is 7.11 Å². The number of hydrogen-bond donors (Lipinski definition) is 1. The minimum Gasteiger partial charge on any atom is -0.496 e. The first-order valence-electron chi connectivity index (χ1n) is 9.14. The molecule has 138 valence electrons. The second-order valence-electron chi connectivity index (χ2n) is 6.55. The number of amides is 2. The van der Waals surface area contributed by atoms with Crippen LogP contribution in [0.15, 0.2) is 48.5 Å². The van der Waals surface area contributed by atoms with Crippen LogP contribution in [0.25, 0.3) is 0 Å². The maximum Gasteiger partial charge on any atom is 0.317 e. The number of benzene rings is 2. The quantitative estimate of drug-likeness (QED) is 0.898. The molecule has 5 heteroatoms. The Kier molecular flexibility index (Phi) is 6.00. The van der Waals surface area contributed by atoms with Gasteiger partial charge in [0.25, 0.3) is 0 Å². The molecular formula is C21H27N3O2. The van der Waals surface area contributed by atoms with Crippen LogP contribution in [0.4, 0.5) is 10.5 Å². The molecule has 1 N–H and O–H groups in total. The van der Waals surface area contributed by atoms with Crippen molar-refractivity contribution in [2.24, 2.45) is 0 Å². The molecule has 0 unspecified atom stereocenters. The van der Waals surface area contributed by atoms with Gasteiger partial charge in [-0.2, -0.15) is 0 Å². The minimum atomic E-state index is 0.0179. The van der Waals surface area contributed by atoms with Gasteiger partial charge in [0.2, 0.25) is 0 Å². The van der Waals surface area contributed by atoms with Gasteiger partial charge in [0.1, 0.15) is 5.75 Å². The number of para-hydroxylation sites is 2. The van der Waals surface area contributed by atoms with Crippen molar-refractivity contribution < 1.29 is 9.53 Å². The van der Waals surface area contributed by atoms with Crippen LogP contribution in [-0.4, -0.2) is 50.8 Å². The Morgan fingerprint density at radius 1 is 1.04 bits per heavy atom. The van der Waals surface area contributed by atoms with Gasteiger partial charge in [-0.05, 0) is 36.6 Å². The highest BCUT2D eigenvalue weighted by Gasteiger charge is 2.21. The smallest absolute Gasteiger partial charge is 0.317 e. The average Bonchev–Trinajstić information content (AvgIpc) is 2.69. The molecule has 0 saturated carbocycles. The molecule has 2 aromatic rings. The topological polar surface area (TPSA) is 44.8 Å². The molecule has 0 aliphatic carbocycles. The highest BCUT2D eigenvalue weighted by molar-refractivity contribution is 5.74. The van der Waals surface area contributed by atoms with Gasteiger partial charge in [0, 0.05) is 38.4 Å². The van der Waals surface area contributed by atoms with E-state index in [1.165, 1.54) is 11.3 Å². The lowest BCUT2D eigenvalue weighted by Gasteiger charge is -2.36. The summed E-state index contributed by atoms with van der Waals surface area (Å²) in [6, 6.07) is 16.4. The van der Waals surface area contributed by atoms with Crippen LogP contribution in [0.3, 0.4) is 0 Å². The predicted molar refractivity (Wildman–Crippen MR) is 105 cm³/mol. The highest BCUT2D eigenvalue weighted by Crippen LogP contribution is 2.21. The number of nitrogens with zero attached hydrogens (tertiary/aromatic N) is 2. The Bertz CT molecular complexity index is 740. The molecule has 3 rings (SSSR count). The molecule has 1 aliphatic rings. The van der Waals surface area contributed by atoms with Gasteiger partial charge in [0.15, 0.2) is 0 Å². The molecule has 26 heavy (non-hydrogen) atoms. The van der Waals surface area contributed by atoms with Crippen LogP contribution in [0, 0.1) is 6.92 Å². The molecule has 0 bridgehead atoms. The zero-order valence-electron chi connectivity index (χ0n) is 15.6. The van der Waals surface area contributed by atoms with E-state index in [0.717, 1.165) is 43.9 Å². The summed E-state index contributed by atoms with van der Waals surface area (Å²) in [7, 11) is 1.67. The van der Waals surface area contributed by atoms with Crippen molar-refractivity contribution in [2.75, 3.05) is 44.7 Å². The molecule has 2 amide bonds. The lowest BCUT2D eigenvalue weighted by molar-refractivity contribution is 0.194. The fourth-order valence-corrected chi connectivity index (χ4v) is 3.39. The summed E-state index contributed by atoms with van der Waals surface area (Å²) in [5.74, 6) is 0.869. The van der Waals surface area contributed by atoms with E-state index in [0.29, 0.717) is 6.54 Å². The number of rotatable bonds is 5. The number of piperazine rings is 1. The Morgan fingerprint density at radius 2 is 1.73 bits per heavy atom. The number of nitrogens with one attached hydrogen (secondary N) is 1. The number of ether oxygens (including phenoxy) is 1. The lowest BCUT2D eigenvalue weighted by atomic mass is 10.1. The third-order valence-corrected chi connectivity index (χ3v) is 4.89. The van der Waals surface area contributed by atoms with Crippen molar-refractivity contribution in [2.45, 2.75) is 13.3 Å². The van der Waals surface area contributed by atoms with Gasteiger partial charge in [-0.3, -0.25) is 0 Å². The van der Waals surface area contributed by atoms with Gasteiger partial charge in [-0.1, -0.05) is 36.4 Å².